The van der Waals surface area contributed by atoms with Crippen molar-refractivity contribution in [2.75, 3.05) is 0 Å². The highest BCUT2D eigenvalue weighted by atomic mass is 16.1. The van der Waals surface area contributed by atoms with Crippen LogP contribution >= 0.6 is 0 Å². The fraction of sp³-hybridized carbons (Fsp3) is 0.278. The number of fused-ring (bicyclic) bond motifs is 1. The van der Waals surface area contributed by atoms with Gasteiger partial charge in [0, 0.05) is 11.6 Å². The second-order valence-electron chi connectivity index (χ2n) is 5.84. The number of nitrogens with two attached hydrogens (primary N) is 1. The fourth-order valence-electron chi connectivity index (χ4n) is 3.01. The fourth-order valence-corrected chi connectivity index (χ4v) is 3.01. The second kappa shape index (κ2) is 5.34. The number of nitrogens with one attached hydrogen (secondary N) is 1. The van der Waals surface area contributed by atoms with Crippen LogP contribution in [0.15, 0.2) is 42.5 Å². The smallest absolute Gasteiger partial charge is 0.252 e. The average molecular weight is 280 g/mol. The lowest BCUT2D eigenvalue weighted by atomic mass is 10.0. The molecule has 0 spiro atoms. The van der Waals surface area contributed by atoms with Crippen LogP contribution in [0, 0.1) is 13.8 Å². The molecule has 0 bridgehead atoms. The summed E-state index contributed by atoms with van der Waals surface area (Å²) >= 11 is 0. The number of carbonyl (C=O) groups is 1. The average Bonchev–Trinajstić information content (AvgIpc) is 2.78. The van der Waals surface area contributed by atoms with Gasteiger partial charge >= 0.3 is 0 Å². The first-order valence-corrected chi connectivity index (χ1v) is 7.28. The Kier molecular flexibility index (Phi) is 3.52. The van der Waals surface area contributed by atoms with Gasteiger partial charge in [-0.05, 0) is 43.0 Å². The molecule has 1 aliphatic carbocycles. The molecule has 0 saturated carbocycles. The summed E-state index contributed by atoms with van der Waals surface area (Å²) < 4.78 is 0. The van der Waals surface area contributed by atoms with Gasteiger partial charge < -0.3 is 11.1 Å². The largest absolute Gasteiger partial charge is 0.344 e. The molecular formula is C18H20N2O. The van der Waals surface area contributed by atoms with Crippen molar-refractivity contribution in [1.29, 1.82) is 0 Å². The minimum Gasteiger partial charge on any atom is -0.344 e. The molecule has 0 saturated heterocycles. The number of carbonyl (C=O) groups excluding carboxylic acids is 1. The Bertz CT molecular complexity index is 693. The number of hydrogen-bond donors (Lipinski definition) is 2. The van der Waals surface area contributed by atoms with E-state index in [0.717, 1.165) is 28.7 Å². The predicted octanol–water partition coefficient (Wildman–Crippen LogP) is 2.66. The maximum atomic E-state index is 12.6. The van der Waals surface area contributed by atoms with E-state index in [4.69, 9.17) is 5.73 Å². The van der Waals surface area contributed by atoms with Crippen molar-refractivity contribution in [2.24, 2.45) is 5.73 Å². The van der Waals surface area contributed by atoms with Crippen LogP contribution in [0.3, 0.4) is 0 Å². The first kappa shape index (κ1) is 13.8. The Labute approximate surface area is 125 Å². The summed E-state index contributed by atoms with van der Waals surface area (Å²) in [5, 5.41) is 3.11. The number of benzene rings is 2. The Morgan fingerprint density at radius 2 is 1.95 bits per heavy atom. The van der Waals surface area contributed by atoms with Crippen LogP contribution in [0.25, 0.3) is 0 Å². The molecule has 3 rings (SSSR count). The minimum atomic E-state index is -0.103. The molecule has 0 aromatic heterocycles. The van der Waals surface area contributed by atoms with Gasteiger partial charge in [-0.2, -0.15) is 0 Å². The zero-order valence-electron chi connectivity index (χ0n) is 12.4. The lowest BCUT2D eigenvalue weighted by Gasteiger charge is -2.19. The van der Waals surface area contributed by atoms with Crippen molar-refractivity contribution in [2.45, 2.75) is 32.4 Å². The number of hydrogen-bond acceptors (Lipinski definition) is 2. The molecule has 21 heavy (non-hydrogen) atoms. The van der Waals surface area contributed by atoms with Crippen LogP contribution in [0.5, 0.6) is 0 Å². The predicted molar refractivity (Wildman–Crippen MR) is 84.2 cm³/mol. The molecule has 108 valence electrons. The third-order valence-electron chi connectivity index (χ3n) is 4.20. The zero-order valence-corrected chi connectivity index (χ0v) is 12.4. The van der Waals surface area contributed by atoms with E-state index in [0.29, 0.717) is 0 Å². The van der Waals surface area contributed by atoms with E-state index in [1.165, 1.54) is 5.56 Å². The van der Waals surface area contributed by atoms with Gasteiger partial charge in [-0.15, -0.1) is 0 Å². The Morgan fingerprint density at radius 3 is 2.76 bits per heavy atom. The highest BCUT2D eigenvalue weighted by Crippen LogP contribution is 2.30. The standard InChI is InChI=1S/C18H20N2O/c1-11-7-8-12(2)15(9-11)18(21)20-17-14-6-4-3-5-13(14)10-16(17)19/h3-9,16-17H,10,19H2,1-2H3,(H,20,21). The topological polar surface area (TPSA) is 55.1 Å². The van der Waals surface area contributed by atoms with Crippen molar-refractivity contribution in [1.82, 2.24) is 5.32 Å². The van der Waals surface area contributed by atoms with Crippen molar-refractivity contribution >= 4 is 5.91 Å². The highest BCUT2D eigenvalue weighted by Gasteiger charge is 2.31. The lowest BCUT2D eigenvalue weighted by molar-refractivity contribution is 0.0932. The van der Waals surface area contributed by atoms with Gasteiger partial charge in [0.25, 0.3) is 5.91 Å². The van der Waals surface area contributed by atoms with E-state index in [9.17, 15) is 4.79 Å². The van der Waals surface area contributed by atoms with Gasteiger partial charge in [-0.3, -0.25) is 4.79 Å². The molecule has 0 heterocycles. The summed E-state index contributed by atoms with van der Waals surface area (Å²) in [6.45, 7) is 3.95. The number of aryl methyl sites for hydroxylation is 2. The Hall–Kier alpha value is -2.13. The molecule has 3 heteroatoms. The lowest BCUT2D eigenvalue weighted by Crippen LogP contribution is -2.38. The van der Waals surface area contributed by atoms with Gasteiger partial charge in [-0.25, -0.2) is 0 Å². The van der Waals surface area contributed by atoms with Gasteiger partial charge in [0.1, 0.15) is 0 Å². The minimum absolute atomic E-state index is 0.0478. The summed E-state index contributed by atoms with van der Waals surface area (Å²) in [5.74, 6) is -0.0478. The summed E-state index contributed by atoms with van der Waals surface area (Å²) in [7, 11) is 0. The third kappa shape index (κ3) is 2.57. The molecule has 2 atom stereocenters. The van der Waals surface area contributed by atoms with Gasteiger partial charge in [0.05, 0.1) is 6.04 Å². The van der Waals surface area contributed by atoms with Crippen LogP contribution in [-0.2, 0) is 6.42 Å². The van der Waals surface area contributed by atoms with Crippen LogP contribution in [-0.4, -0.2) is 11.9 Å². The Morgan fingerprint density at radius 1 is 1.19 bits per heavy atom. The molecule has 3 nitrogen and oxygen atoms in total. The summed E-state index contributed by atoms with van der Waals surface area (Å²) in [6.07, 6.45) is 0.813. The molecule has 2 aromatic rings. The van der Waals surface area contributed by atoms with E-state index in [-0.39, 0.29) is 18.0 Å². The summed E-state index contributed by atoms with van der Waals surface area (Å²) in [6, 6.07) is 13.9. The molecule has 0 aliphatic heterocycles. The maximum absolute atomic E-state index is 12.6. The van der Waals surface area contributed by atoms with E-state index in [1.807, 2.05) is 44.2 Å². The number of rotatable bonds is 2. The third-order valence-corrected chi connectivity index (χ3v) is 4.20. The van der Waals surface area contributed by atoms with Crippen molar-refractivity contribution in [3.05, 3.63) is 70.3 Å². The zero-order chi connectivity index (χ0) is 15.0. The van der Waals surface area contributed by atoms with Crippen LogP contribution in [0.4, 0.5) is 0 Å². The normalized spacial score (nSPS) is 20.1. The molecule has 0 radical (unpaired) electrons. The molecule has 1 aliphatic rings. The summed E-state index contributed by atoms with van der Waals surface area (Å²) in [4.78, 5) is 12.6. The SMILES string of the molecule is Cc1ccc(C)c(C(=O)NC2c3ccccc3CC2N)c1. The van der Waals surface area contributed by atoms with Gasteiger partial charge in [-0.1, -0.05) is 42.0 Å². The van der Waals surface area contributed by atoms with Crippen LogP contribution in [0.1, 0.15) is 38.7 Å². The summed E-state index contributed by atoms with van der Waals surface area (Å²) in [5.41, 5.74) is 11.4. The quantitative estimate of drug-likeness (QED) is 0.888. The first-order valence-electron chi connectivity index (χ1n) is 7.28. The molecular weight excluding hydrogens is 260 g/mol. The van der Waals surface area contributed by atoms with Gasteiger partial charge in [0.2, 0.25) is 0 Å². The maximum Gasteiger partial charge on any atom is 0.252 e. The molecule has 3 N–H and O–H groups in total. The van der Waals surface area contributed by atoms with Crippen LogP contribution < -0.4 is 11.1 Å². The van der Waals surface area contributed by atoms with Crippen LogP contribution in [0.2, 0.25) is 0 Å². The highest BCUT2D eigenvalue weighted by molar-refractivity contribution is 5.96. The molecule has 2 unspecified atom stereocenters. The van der Waals surface area contributed by atoms with E-state index < -0.39 is 0 Å². The molecule has 1 amide bonds. The Balaban J connectivity index is 1.87. The monoisotopic (exact) mass is 280 g/mol. The van der Waals surface area contributed by atoms with Crippen molar-refractivity contribution in [3.63, 3.8) is 0 Å². The molecule has 2 aromatic carbocycles. The molecule has 0 fully saturated rings. The van der Waals surface area contributed by atoms with Crippen molar-refractivity contribution < 1.29 is 4.79 Å². The van der Waals surface area contributed by atoms with E-state index in [1.54, 1.807) is 0 Å². The van der Waals surface area contributed by atoms with E-state index in [2.05, 4.69) is 17.4 Å². The first-order chi connectivity index (χ1) is 10.1. The number of amides is 1. The van der Waals surface area contributed by atoms with Crippen molar-refractivity contribution in [3.8, 4) is 0 Å². The van der Waals surface area contributed by atoms with Gasteiger partial charge in [0.15, 0.2) is 0 Å². The van der Waals surface area contributed by atoms with E-state index >= 15 is 0 Å². The second-order valence-corrected chi connectivity index (χ2v) is 5.84.